The Hall–Kier alpha value is -0.0500. The molecular weight excluding hydrogens is 326 g/mol. The highest BCUT2D eigenvalue weighted by Crippen LogP contribution is 2.20. The van der Waals surface area contributed by atoms with Gasteiger partial charge in [-0.3, -0.25) is 4.79 Å². The molecule has 1 rings (SSSR count). The molecule has 0 bridgehead atoms. The van der Waals surface area contributed by atoms with Crippen LogP contribution in [0.2, 0.25) is 0 Å². The third-order valence-corrected chi connectivity index (χ3v) is 5.37. The van der Waals surface area contributed by atoms with Gasteiger partial charge in [0.05, 0.1) is 0 Å². The molecule has 1 atom stereocenters. The van der Waals surface area contributed by atoms with Gasteiger partial charge in [0.25, 0.3) is 0 Å². The predicted octanol–water partition coefficient (Wildman–Crippen LogP) is 5.68. The Bertz CT molecular complexity index is 270. The van der Waals surface area contributed by atoms with Crippen molar-refractivity contribution in [3.8, 4) is 0 Å². The van der Waals surface area contributed by atoms with Crippen molar-refractivity contribution in [2.24, 2.45) is 0 Å². The van der Waals surface area contributed by atoms with Crippen LogP contribution >= 0.6 is 15.9 Å². The van der Waals surface area contributed by atoms with Crippen molar-refractivity contribution in [1.82, 2.24) is 4.90 Å². The molecule has 0 saturated carbocycles. The molecule has 0 radical (unpaired) electrons. The molecule has 2 nitrogen and oxygen atoms in total. The van der Waals surface area contributed by atoms with E-state index in [4.69, 9.17) is 0 Å². The summed E-state index contributed by atoms with van der Waals surface area (Å²) in [5.41, 5.74) is 0. The topological polar surface area (TPSA) is 20.3 Å². The Balaban J connectivity index is 2.00. The van der Waals surface area contributed by atoms with Crippen LogP contribution in [0.25, 0.3) is 0 Å². The molecule has 0 aromatic carbocycles. The lowest BCUT2D eigenvalue weighted by Gasteiger charge is -2.34. The number of likely N-dealkylation sites (tertiary alicyclic amines) is 1. The van der Waals surface area contributed by atoms with E-state index >= 15 is 0 Å². The first-order valence-corrected chi connectivity index (χ1v) is 10.3. The second-order valence-corrected chi connectivity index (χ2v) is 7.12. The van der Waals surface area contributed by atoms with E-state index in [1.807, 2.05) is 0 Å². The maximum Gasteiger partial charge on any atom is 0.222 e. The zero-order valence-corrected chi connectivity index (χ0v) is 15.5. The Labute approximate surface area is 140 Å². The van der Waals surface area contributed by atoms with E-state index in [1.165, 1.54) is 70.6 Å². The van der Waals surface area contributed by atoms with Crippen LogP contribution in [0.4, 0.5) is 0 Å². The molecular formula is C18H34BrNO. The zero-order valence-electron chi connectivity index (χ0n) is 13.9. The van der Waals surface area contributed by atoms with Crippen molar-refractivity contribution in [3.05, 3.63) is 0 Å². The van der Waals surface area contributed by atoms with Gasteiger partial charge in [-0.1, -0.05) is 74.2 Å². The van der Waals surface area contributed by atoms with Gasteiger partial charge in [0.15, 0.2) is 0 Å². The smallest absolute Gasteiger partial charge is 0.222 e. The molecule has 1 fully saturated rings. The van der Waals surface area contributed by atoms with Crippen LogP contribution in [-0.2, 0) is 4.79 Å². The number of alkyl halides is 1. The summed E-state index contributed by atoms with van der Waals surface area (Å²) < 4.78 is 0. The number of hydrogen-bond acceptors (Lipinski definition) is 1. The number of piperidine rings is 1. The minimum absolute atomic E-state index is 0.391. The van der Waals surface area contributed by atoms with E-state index in [-0.39, 0.29) is 0 Å². The molecule has 3 heteroatoms. The van der Waals surface area contributed by atoms with Gasteiger partial charge in [-0.2, -0.15) is 0 Å². The number of hydrogen-bond donors (Lipinski definition) is 0. The van der Waals surface area contributed by atoms with Gasteiger partial charge in [-0.25, -0.2) is 0 Å². The van der Waals surface area contributed by atoms with Gasteiger partial charge in [-0.15, -0.1) is 0 Å². The summed E-state index contributed by atoms with van der Waals surface area (Å²) in [5, 5.41) is 0.941. The largest absolute Gasteiger partial charge is 0.339 e. The summed E-state index contributed by atoms with van der Waals surface area (Å²) in [7, 11) is 0. The molecule has 1 unspecified atom stereocenters. The van der Waals surface area contributed by atoms with Gasteiger partial charge in [0, 0.05) is 24.3 Å². The van der Waals surface area contributed by atoms with E-state index in [1.54, 1.807) is 0 Å². The number of nitrogens with zero attached hydrogens (tertiary/aromatic N) is 1. The van der Waals surface area contributed by atoms with Gasteiger partial charge < -0.3 is 4.90 Å². The summed E-state index contributed by atoms with van der Waals surface area (Å²) >= 11 is 3.55. The number of unbranched alkanes of at least 4 members (excludes halogenated alkanes) is 8. The molecule has 1 saturated heterocycles. The van der Waals surface area contributed by atoms with E-state index in [0.717, 1.165) is 24.7 Å². The van der Waals surface area contributed by atoms with Gasteiger partial charge in [0.1, 0.15) is 0 Å². The lowest BCUT2D eigenvalue weighted by molar-refractivity contribution is -0.134. The third kappa shape index (κ3) is 8.23. The highest BCUT2D eigenvalue weighted by atomic mass is 79.9. The van der Waals surface area contributed by atoms with Gasteiger partial charge in [-0.05, 0) is 25.7 Å². The minimum Gasteiger partial charge on any atom is -0.339 e. The molecule has 1 aliphatic rings. The highest BCUT2D eigenvalue weighted by molar-refractivity contribution is 9.09. The molecule has 0 N–H and O–H groups in total. The maximum atomic E-state index is 12.3. The van der Waals surface area contributed by atoms with Gasteiger partial charge in [0.2, 0.25) is 5.91 Å². The molecule has 124 valence electrons. The zero-order chi connectivity index (χ0) is 15.3. The Morgan fingerprint density at radius 1 is 1.00 bits per heavy atom. The highest BCUT2D eigenvalue weighted by Gasteiger charge is 2.24. The number of amides is 1. The predicted molar refractivity (Wildman–Crippen MR) is 95.0 cm³/mol. The number of carbonyl (C=O) groups is 1. The fraction of sp³-hybridized carbons (Fsp3) is 0.944. The molecule has 0 aromatic heterocycles. The fourth-order valence-electron chi connectivity index (χ4n) is 3.22. The van der Waals surface area contributed by atoms with Crippen molar-refractivity contribution in [3.63, 3.8) is 0 Å². The normalized spacial score (nSPS) is 19.0. The first kappa shape index (κ1) is 19.0. The lowest BCUT2D eigenvalue weighted by atomic mass is 10.0. The van der Waals surface area contributed by atoms with Crippen LogP contribution < -0.4 is 0 Å². The van der Waals surface area contributed by atoms with Gasteiger partial charge >= 0.3 is 0 Å². The van der Waals surface area contributed by atoms with Crippen molar-refractivity contribution in [2.45, 2.75) is 96.4 Å². The summed E-state index contributed by atoms with van der Waals surface area (Å²) in [6, 6.07) is 0.449. The fourth-order valence-corrected chi connectivity index (χ4v) is 3.89. The van der Waals surface area contributed by atoms with E-state index in [0.29, 0.717) is 11.9 Å². The van der Waals surface area contributed by atoms with Crippen LogP contribution in [0.15, 0.2) is 0 Å². The average Bonchev–Trinajstić information content (AvgIpc) is 2.53. The minimum atomic E-state index is 0.391. The summed E-state index contributed by atoms with van der Waals surface area (Å²) in [5.74, 6) is 0.391. The van der Waals surface area contributed by atoms with Crippen LogP contribution in [0.3, 0.4) is 0 Å². The molecule has 0 spiro atoms. The first-order chi connectivity index (χ1) is 10.3. The Morgan fingerprint density at radius 3 is 2.24 bits per heavy atom. The van der Waals surface area contributed by atoms with Crippen molar-refractivity contribution < 1.29 is 4.79 Å². The van der Waals surface area contributed by atoms with E-state index in [2.05, 4.69) is 27.8 Å². The molecule has 1 aliphatic heterocycles. The van der Waals surface area contributed by atoms with Crippen LogP contribution in [-0.4, -0.2) is 28.7 Å². The van der Waals surface area contributed by atoms with Crippen LogP contribution in [0, 0.1) is 0 Å². The number of rotatable bonds is 11. The van der Waals surface area contributed by atoms with Crippen molar-refractivity contribution in [2.75, 3.05) is 11.9 Å². The first-order valence-electron chi connectivity index (χ1n) is 9.15. The Morgan fingerprint density at radius 2 is 1.62 bits per heavy atom. The monoisotopic (exact) mass is 359 g/mol. The van der Waals surface area contributed by atoms with Crippen molar-refractivity contribution >= 4 is 21.8 Å². The van der Waals surface area contributed by atoms with Crippen LogP contribution in [0.5, 0.6) is 0 Å². The summed E-state index contributed by atoms with van der Waals surface area (Å²) in [6.45, 7) is 3.24. The maximum absolute atomic E-state index is 12.3. The van der Waals surface area contributed by atoms with E-state index in [9.17, 15) is 4.79 Å². The standard InChI is InChI=1S/C18H34BrNO/c1-2-3-4-5-6-7-8-9-10-14-18(21)20-15-12-11-13-17(20)16-19/h17H,2-16H2,1H3. The molecule has 21 heavy (non-hydrogen) atoms. The summed E-state index contributed by atoms with van der Waals surface area (Å²) in [6.07, 6.45) is 16.3. The molecule has 1 amide bonds. The number of halogens is 1. The summed E-state index contributed by atoms with van der Waals surface area (Å²) in [4.78, 5) is 14.4. The van der Waals surface area contributed by atoms with E-state index < -0.39 is 0 Å². The Kier molecular flexibility index (Phi) is 11.3. The molecule has 1 heterocycles. The van der Waals surface area contributed by atoms with Crippen molar-refractivity contribution in [1.29, 1.82) is 0 Å². The lowest BCUT2D eigenvalue weighted by Crippen LogP contribution is -2.44. The second-order valence-electron chi connectivity index (χ2n) is 6.47. The average molecular weight is 360 g/mol. The number of carbonyl (C=O) groups excluding carboxylic acids is 1. The quantitative estimate of drug-likeness (QED) is 0.343. The van der Waals surface area contributed by atoms with Crippen LogP contribution in [0.1, 0.15) is 90.4 Å². The SMILES string of the molecule is CCCCCCCCCCCC(=O)N1CCCCC1CBr. The molecule has 0 aromatic rings. The second kappa shape index (κ2) is 12.5. The third-order valence-electron chi connectivity index (χ3n) is 4.62. The molecule has 0 aliphatic carbocycles.